The lowest BCUT2D eigenvalue weighted by Gasteiger charge is -2.28. The second-order valence-corrected chi connectivity index (χ2v) is 7.66. The first-order valence-electron chi connectivity index (χ1n) is 8.07. The fourth-order valence-corrected chi connectivity index (χ4v) is 4.23. The third-order valence-electron chi connectivity index (χ3n) is 4.13. The molecule has 0 aliphatic heterocycles. The van der Waals surface area contributed by atoms with Crippen molar-refractivity contribution in [2.45, 2.75) is 38.6 Å². The largest absolute Gasteiger partial charge is 0.335 e. The average Bonchev–Trinajstić information content (AvgIpc) is 2.91. The summed E-state index contributed by atoms with van der Waals surface area (Å²) in [5.74, 6) is -0.105. The van der Waals surface area contributed by atoms with Crippen LogP contribution in [-0.4, -0.2) is 42.5 Å². The van der Waals surface area contributed by atoms with E-state index >= 15 is 0 Å². The Kier molecular flexibility index (Phi) is 5.97. The Bertz CT molecular complexity index is 811. The average molecular weight is 364 g/mol. The first kappa shape index (κ1) is 19.1. The van der Waals surface area contributed by atoms with E-state index in [4.69, 9.17) is 0 Å². The van der Waals surface area contributed by atoms with Crippen LogP contribution < -0.4 is 4.72 Å². The van der Waals surface area contributed by atoms with Crippen molar-refractivity contribution in [3.63, 3.8) is 0 Å². The van der Waals surface area contributed by atoms with Crippen LogP contribution in [-0.2, 0) is 14.8 Å². The number of carbonyl (C=O) groups is 1. The minimum atomic E-state index is -3.67. The predicted octanol–water partition coefficient (Wildman–Crippen LogP) is 1.91. The molecule has 1 amide bonds. The first-order valence-corrected chi connectivity index (χ1v) is 9.55. The molecule has 2 N–H and O–H groups in total. The molecule has 25 heavy (non-hydrogen) atoms. The van der Waals surface area contributed by atoms with Gasteiger partial charge in [-0.3, -0.25) is 9.89 Å². The molecule has 0 saturated carbocycles. The molecular formula is C17H24N4O3S. The van der Waals surface area contributed by atoms with E-state index in [1.165, 1.54) is 6.92 Å². The molecule has 2 aromatic rings. The molecule has 0 saturated heterocycles. The number of aromatic nitrogens is 2. The molecule has 0 spiro atoms. The highest BCUT2D eigenvalue weighted by molar-refractivity contribution is 7.89. The molecule has 0 bridgehead atoms. The Labute approximate surface area is 148 Å². The Morgan fingerprint density at radius 1 is 1.28 bits per heavy atom. The Morgan fingerprint density at radius 3 is 2.44 bits per heavy atom. The maximum Gasteiger partial charge on any atom is 0.244 e. The summed E-state index contributed by atoms with van der Waals surface area (Å²) < 4.78 is 27.5. The third kappa shape index (κ3) is 4.46. The topological polar surface area (TPSA) is 95.2 Å². The van der Waals surface area contributed by atoms with Crippen LogP contribution in [0.5, 0.6) is 0 Å². The van der Waals surface area contributed by atoms with Gasteiger partial charge in [0.25, 0.3) is 0 Å². The SMILES string of the molecule is CC(=O)N(CCNS(=O)(=O)c1c(C)n[nH]c1C)C(C)c1ccccc1. The van der Waals surface area contributed by atoms with Crippen molar-refractivity contribution in [3.8, 4) is 0 Å². The molecule has 7 nitrogen and oxygen atoms in total. The van der Waals surface area contributed by atoms with Crippen LogP contribution in [0.4, 0.5) is 0 Å². The summed E-state index contributed by atoms with van der Waals surface area (Å²) in [6.07, 6.45) is 0. The lowest BCUT2D eigenvalue weighted by Crippen LogP contribution is -2.39. The summed E-state index contributed by atoms with van der Waals surface area (Å²) in [6, 6.07) is 9.50. The van der Waals surface area contributed by atoms with Gasteiger partial charge in [0.2, 0.25) is 15.9 Å². The van der Waals surface area contributed by atoms with Gasteiger partial charge in [-0.1, -0.05) is 30.3 Å². The van der Waals surface area contributed by atoms with Crippen LogP contribution in [0.25, 0.3) is 0 Å². The van der Waals surface area contributed by atoms with Crippen molar-refractivity contribution in [3.05, 3.63) is 47.3 Å². The highest BCUT2D eigenvalue weighted by Gasteiger charge is 2.23. The number of aromatic amines is 1. The van der Waals surface area contributed by atoms with Crippen LogP contribution in [0.3, 0.4) is 0 Å². The van der Waals surface area contributed by atoms with Gasteiger partial charge in [-0.2, -0.15) is 5.10 Å². The zero-order valence-corrected chi connectivity index (χ0v) is 15.7. The van der Waals surface area contributed by atoms with Crippen molar-refractivity contribution in [1.82, 2.24) is 19.8 Å². The van der Waals surface area contributed by atoms with Crippen molar-refractivity contribution in [2.75, 3.05) is 13.1 Å². The summed E-state index contributed by atoms with van der Waals surface area (Å²) in [6.45, 7) is 7.11. The normalized spacial score (nSPS) is 12.8. The minimum absolute atomic E-state index is 0.105. The van der Waals surface area contributed by atoms with Crippen molar-refractivity contribution in [2.24, 2.45) is 0 Å². The quantitative estimate of drug-likeness (QED) is 0.784. The maximum atomic E-state index is 12.5. The zero-order chi connectivity index (χ0) is 18.6. The number of benzene rings is 1. The zero-order valence-electron chi connectivity index (χ0n) is 14.9. The van der Waals surface area contributed by atoms with Crippen LogP contribution in [0.15, 0.2) is 35.2 Å². The fourth-order valence-electron chi connectivity index (χ4n) is 2.84. The van der Waals surface area contributed by atoms with Gasteiger partial charge >= 0.3 is 0 Å². The van der Waals surface area contributed by atoms with Gasteiger partial charge in [-0.25, -0.2) is 13.1 Å². The Hall–Kier alpha value is -2.19. The van der Waals surface area contributed by atoms with E-state index in [-0.39, 0.29) is 29.9 Å². The predicted molar refractivity (Wildman–Crippen MR) is 95.5 cm³/mol. The number of rotatable bonds is 7. The smallest absolute Gasteiger partial charge is 0.244 e. The molecule has 1 unspecified atom stereocenters. The summed E-state index contributed by atoms with van der Waals surface area (Å²) in [5, 5.41) is 6.58. The highest BCUT2D eigenvalue weighted by Crippen LogP contribution is 2.20. The summed E-state index contributed by atoms with van der Waals surface area (Å²) in [5.41, 5.74) is 1.92. The van der Waals surface area contributed by atoms with E-state index in [1.807, 2.05) is 37.3 Å². The van der Waals surface area contributed by atoms with Crippen molar-refractivity contribution < 1.29 is 13.2 Å². The third-order valence-corrected chi connectivity index (χ3v) is 5.85. The second kappa shape index (κ2) is 7.79. The number of sulfonamides is 1. The fraction of sp³-hybridized carbons (Fsp3) is 0.412. The second-order valence-electron chi connectivity index (χ2n) is 5.96. The van der Waals surface area contributed by atoms with Crippen molar-refractivity contribution >= 4 is 15.9 Å². The van der Waals surface area contributed by atoms with Gasteiger partial charge in [0.1, 0.15) is 4.90 Å². The van der Waals surface area contributed by atoms with Crippen LogP contribution >= 0.6 is 0 Å². The highest BCUT2D eigenvalue weighted by atomic mass is 32.2. The van der Waals surface area contributed by atoms with Gasteiger partial charge in [-0.05, 0) is 26.3 Å². The molecule has 1 aromatic heterocycles. The Balaban J connectivity index is 2.06. The number of nitrogens with one attached hydrogen (secondary N) is 2. The number of hydrogen-bond donors (Lipinski definition) is 2. The molecule has 0 aliphatic rings. The van der Waals surface area contributed by atoms with Gasteiger partial charge in [-0.15, -0.1) is 0 Å². The van der Waals surface area contributed by atoms with Crippen LogP contribution in [0.2, 0.25) is 0 Å². The Morgan fingerprint density at radius 2 is 1.92 bits per heavy atom. The molecule has 1 heterocycles. The molecule has 2 rings (SSSR count). The van der Waals surface area contributed by atoms with Crippen LogP contribution in [0.1, 0.15) is 36.8 Å². The first-order chi connectivity index (χ1) is 11.7. The van der Waals surface area contributed by atoms with Crippen LogP contribution in [0, 0.1) is 13.8 Å². The van der Waals surface area contributed by atoms with E-state index in [0.29, 0.717) is 11.4 Å². The van der Waals surface area contributed by atoms with Gasteiger partial charge in [0.15, 0.2) is 0 Å². The van der Waals surface area contributed by atoms with E-state index in [9.17, 15) is 13.2 Å². The standard InChI is InChI=1S/C17H24N4O3S/c1-12-17(13(2)20-19-12)25(23,24)18-10-11-21(15(4)22)14(3)16-8-6-5-7-9-16/h5-9,14,18H,10-11H2,1-4H3,(H,19,20). The van der Waals surface area contributed by atoms with Gasteiger partial charge < -0.3 is 4.90 Å². The number of amides is 1. The number of nitrogens with zero attached hydrogens (tertiary/aromatic N) is 2. The lowest BCUT2D eigenvalue weighted by atomic mass is 10.1. The van der Waals surface area contributed by atoms with Crippen molar-refractivity contribution in [1.29, 1.82) is 0 Å². The summed E-state index contributed by atoms with van der Waals surface area (Å²) in [7, 11) is -3.67. The molecule has 1 aromatic carbocycles. The number of aryl methyl sites for hydroxylation is 2. The van der Waals surface area contributed by atoms with E-state index in [2.05, 4.69) is 14.9 Å². The summed E-state index contributed by atoms with van der Waals surface area (Å²) in [4.78, 5) is 13.8. The lowest BCUT2D eigenvalue weighted by molar-refractivity contribution is -0.130. The molecule has 1 atom stereocenters. The molecule has 136 valence electrons. The number of hydrogen-bond acceptors (Lipinski definition) is 4. The molecule has 8 heteroatoms. The molecule has 0 fully saturated rings. The number of H-pyrrole nitrogens is 1. The minimum Gasteiger partial charge on any atom is -0.335 e. The monoisotopic (exact) mass is 364 g/mol. The van der Waals surface area contributed by atoms with E-state index in [1.54, 1.807) is 18.7 Å². The maximum absolute atomic E-state index is 12.5. The molecular weight excluding hydrogens is 340 g/mol. The van der Waals surface area contributed by atoms with Gasteiger partial charge in [0, 0.05) is 20.0 Å². The van der Waals surface area contributed by atoms with E-state index < -0.39 is 10.0 Å². The molecule has 0 aliphatic carbocycles. The summed E-state index contributed by atoms with van der Waals surface area (Å²) >= 11 is 0. The van der Waals surface area contributed by atoms with E-state index in [0.717, 1.165) is 5.56 Å². The van der Waals surface area contributed by atoms with Gasteiger partial charge in [0.05, 0.1) is 17.4 Å². The molecule has 0 radical (unpaired) electrons. The number of carbonyl (C=O) groups excluding carboxylic acids is 1.